The smallest absolute Gasteiger partial charge is 0.566 e. The van der Waals surface area contributed by atoms with Crippen LogP contribution in [0.2, 0.25) is 0 Å². The molecule has 0 amide bonds. The molecule has 1 radical (unpaired) electrons. The van der Waals surface area contributed by atoms with Crippen LogP contribution in [-0.4, -0.2) is 13.2 Å². The quantitative estimate of drug-likeness (QED) is 0.0373. The van der Waals surface area contributed by atoms with Crippen LogP contribution < -0.4 is 9.79 Å². The molecule has 45 heavy (non-hydrogen) atoms. The van der Waals surface area contributed by atoms with Crippen molar-refractivity contribution in [2.75, 3.05) is 13.2 Å². The van der Waals surface area contributed by atoms with Crippen LogP contribution in [-0.2, 0) is 35.0 Å². The van der Waals surface area contributed by atoms with Gasteiger partial charge in [-0.05, 0) is 73.3 Å². The fraction of sp³-hybridized carbons (Fsp3) is 0.889. The average Bonchev–Trinajstić information content (AvgIpc) is 3.00. The van der Waals surface area contributed by atoms with Gasteiger partial charge in [-0.3, -0.25) is 0 Å². The maximum atomic E-state index is 10.2. The predicted octanol–water partition coefficient (Wildman–Crippen LogP) is 12.1. The summed E-state index contributed by atoms with van der Waals surface area (Å²) in [5.41, 5.74) is 0. The van der Waals surface area contributed by atoms with E-state index in [0.29, 0.717) is 13.2 Å². The number of allylic oxidation sites excluding steroid dienone is 4. The summed E-state index contributed by atoms with van der Waals surface area (Å²) in [6.45, 7) is 5.21. The van der Waals surface area contributed by atoms with E-state index < -0.39 is 16.5 Å². The molecule has 0 fully saturated rings. The molecule has 0 aliphatic rings. The minimum Gasteiger partial charge on any atom is -0.566 e. The Labute approximate surface area is 291 Å². The van der Waals surface area contributed by atoms with Crippen molar-refractivity contribution >= 4 is 16.5 Å². The molecule has 0 aromatic rings. The number of hydrogen-bond acceptors (Lipinski definition) is 6. The largest absolute Gasteiger partial charge is 2.00 e. The van der Waals surface area contributed by atoms with E-state index in [0.717, 1.165) is 25.7 Å². The van der Waals surface area contributed by atoms with Gasteiger partial charge >= 0.3 is 33.3 Å². The topological polar surface area (TPSA) is 98.7 Å². The van der Waals surface area contributed by atoms with Crippen LogP contribution in [0.25, 0.3) is 0 Å². The number of unbranched alkanes of at least 4 members (excludes halogenated alkanes) is 24. The fourth-order valence-electron chi connectivity index (χ4n) is 4.98. The maximum absolute atomic E-state index is 10.2. The van der Waals surface area contributed by atoms with Gasteiger partial charge in [-0.25, -0.2) is 0 Å². The van der Waals surface area contributed by atoms with Gasteiger partial charge in [-0.1, -0.05) is 154 Å². The molecule has 0 N–H and O–H groups in total. The first-order valence-corrected chi connectivity index (χ1v) is 20.6. The summed E-state index contributed by atoms with van der Waals surface area (Å²) in [5, 5.41) is 0. The number of hydrogen-bond donors (Lipinski definition) is 0. The minimum atomic E-state index is -2.65. The van der Waals surface area contributed by atoms with Gasteiger partial charge in [0.1, 0.15) is 13.2 Å². The van der Waals surface area contributed by atoms with Crippen LogP contribution in [0.4, 0.5) is 0 Å². The van der Waals surface area contributed by atoms with Gasteiger partial charge in [0.05, 0.1) is 0 Å². The summed E-state index contributed by atoms with van der Waals surface area (Å²) in [6, 6.07) is 0. The van der Waals surface area contributed by atoms with Crippen molar-refractivity contribution in [2.24, 2.45) is 0 Å². The Morgan fingerprint density at radius 2 is 0.622 bits per heavy atom. The third kappa shape index (κ3) is 53.8. The first-order valence-electron chi connectivity index (χ1n) is 18.4. The zero-order valence-electron chi connectivity index (χ0n) is 29.2. The first kappa shape index (κ1) is 49.4. The van der Waals surface area contributed by atoms with Crippen molar-refractivity contribution in [3.05, 3.63) is 24.3 Å². The Kier molecular flexibility index (Phi) is 50.7. The Hall–Kier alpha value is 0.0265. The van der Waals surface area contributed by atoms with Crippen molar-refractivity contribution in [2.45, 2.75) is 194 Å². The summed E-state index contributed by atoms with van der Waals surface area (Å²) in [7, 11) is -5.30. The van der Waals surface area contributed by atoms with Crippen LogP contribution >= 0.6 is 16.5 Å². The van der Waals surface area contributed by atoms with E-state index in [1.54, 1.807) is 0 Å². The monoisotopic (exact) mass is 719 g/mol. The second-order valence-corrected chi connectivity index (χ2v) is 13.4. The van der Waals surface area contributed by atoms with E-state index in [1.165, 1.54) is 154 Å². The third-order valence-electron chi connectivity index (χ3n) is 7.71. The SMILES string of the molecule is CCCCCCCC/C=C\CCCCCCCCO[P+](=O)[O-].CCCCCCCC/C=C\CCCCCCCCO[P+](=O)[O-].[Co+2]. The van der Waals surface area contributed by atoms with Gasteiger partial charge in [-0.2, -0.15) is 0 Å². The molecule has 0 heterocycles. The third-order valence-corrected chi connectivity index (χ3v) is 8.49. The molecule has 0 rings (SSSR count). The van der Waals surface area contributed by atoms with Gasteiger partial charge in [0, 0.05) is 0 Å². The molecular weight excluding hydrogens is 649 g/mol. The average molecular weight is 720 g/mol. The summed E-state index contributed by atoms with van der Waals surface area (Å²) in [4.78, 5) is 20.3. The van der Waals surface area contributed by atoms with Crippen LogP contribution in [0.1, 0.15) is 194 Å². The van der Waals surface area contributed by atoms with Gasteiger partial charge in [0.15, 0.2) is 0 Å². The van der Waals surface area contributed by atoms with Crippen LogP contribution in [0.3, 0.4) is 0 Å². The molecule has 0 aliphatic heterocycles. The summed E-state index contributed by atoms with van der Waals surface area (Å²) in [6.07, 6.45) is 44.6. The summed E-state index contributed by atoms with van der Waals surface area (Å²) in [5.74, 6) is 0. The summed E-state index contributed by atoms with van der Waals surface area (Å²) >= 11 is 0. The molecule has 267 valence electrons. The van der Waals surface area contributed by atoms with Crippen molar-refractivity contribution < 1.29 is 44.7 Å². The molecule has 6 nitrogen and oxygen atoms in total. The molecule has 0 bridgehead atoms. The zero-order chi connectivity index (χ0) is 32.6. The van der Waals surface area contributed by atoms with Crippen LogP contribution in [0.15, 0.2) is 24.3 Å². The van der Waals surface area contributed by atoms with Crippen molar-refractivity contribution in [3.63, 3.8) is 0 Å². The zero-order valence-corrected chi connectivity index (χ0v) is 32.0. The van der Waals surface area contributed by atoms with Crippen molar-refractivity contribution in [3.8, 4) is 0 Å². The molecule has 0 aromatic carbocycles. The summed E-state index contributed by atoms with van der Waals surface area (Å²) < 4.78 is 29.3. The molecule has 9 heteroatoms. The minimum absolute atomic E-state index is 0. The molecule has 0 aliphatic carbocycles. The Morgan fingerprint density at radius 1 is 0.400 bits per heavy atom. The standard InChI is InChI=1S/2C18H35O3P.Co/c2*1-2-3-4-5-6-7-8-9-10-11-12-13-14-15-16-17-18-21-22(19)20;/h2*9-10H,2-8,11-18H2,1H3;/q;;+2/b2*10-9-;. The molecular formula is C36H70CoO6P2+2. The first-order chi connectivity index (χ1) is 21.5. The molecule has 2 unspecified atom stereocenters. The van der Waals surface area contributed by atoms with Gasteiger partial charge < -0.3 is 9.79 Å². The Bertz CT molecular complexity index is 595. The molecule has 0 saturated heterocycles. The van der Waals surface area contributed by atoms with E-state index in [4.69, 9.17) is 0 Å². The normalized spacial score (nSPS) is 11.9. The van der Waals surface area contributed by atoms with E-state index in [2.05, 4.69) is 47.2 Å². The van der Waals surface area contributed by atoms with Gasteiger partial charge in [0.25, 0.3) is 0 Å². The van der Waals surface area contributed by atoms with Crippen LogP contribution in [0.5, 0.6) is 0 Å². The predicted molar refractivity (Wildman–Crippen MR) is 186 cm³/mol. The fourth-order valence-corrected chi connectivity index (χ4v) is 5.53. The van der Waals surface area contributed by atoms with E-state index in [1.807, 2.05) is 0 Å². The van der Waals surface area contributed by atoms with Gasteiger partial charge in [-0.15, -0.1) is 9.05 Å². The maximum Gasteiger partial charge on any atom is 2.00 e. The molecule has 0 saturated carbocycles. The molecule has 0 spiro atoms. The molecule has 0 aromatic heterocycles. The van der Waals surface area contributed by atoms with Crippen molar-refractivity contribution in [1.29, 1.82) is 0 Å². The van der Waals surface area contributed by atoms with E-state index >= 15 is 0 Å². The Balaban J connectivity index is -0.000000767. The van der Waals surface area contributed by atoms with E-state index in [9.17, 15) is 18.9 Å². The molecule has 2 atom stereocenters. The van der Waals surface area contributed by atoms with Crippen molar-refractivity contribution in [1.82, 2.24) is 0 Å². The van der Waals surface area contributed by atoms with Crippen LogP contribution in [0, 0.1) is 0 Å². The second-order valence-electron chi connectivity index (χ2n) is 12.0. The van der Waals surface area contributed by atoms with E-state index in [-0.39, 0.29) is 16.8 Å². The number of rotatable bonds is 34. The second kappa shape index (κ2) is 46.1. The Morgan fingerprint density at radius 3 is 0.867 bits per heavy atom. The van der Waals surface area contributed by atoms with Gasteiger partial charge in [0.2, 0.25) is 0 Å².